The van der Waals surface area contributed by atoms with Crippen LogP contribution >= 0.6 is 0 Å². The number of benzene rings is 1. The lowest BCUT2D eigenvalue weighted by atomic mass is 10.2. The first-order chi connectivity index (χ1) is 14.5. The first-order valence-electron chi connectivity index (χ1n) is 10.2. The number of guanidine groups is 1. The molecule has 0 amide bonds. The van der Waals surface area contributed by atoms with Gasteiger partial charge in [0.05, 0.1) is 34.4 Å². The molecule has 0 radical (unpaired) electrons. The zero-order valence-electron chi connectivity index (χ0n) is 18.5. The quantitative estimate of drug-likeness (QED) is 0.504. The van der Waals surface area contributed by atoms with Crippen LogP contribution < -0.4 is 24.8 Å². The summed E-state index contributed by atoms with van der Waals surface area (Å²) < 4.78 is 18.3. The molecular formula is C21H32N6O3. The van der Waals surface area contributed by atoms with E-state index in [2.05, 4.69) is 20.8 Å². The number of aromatic nitrogens is 3. The second-order valence-corrected chi connectivity index (χ2v) is 7.40. The summed E-state index contributed by atoms with van der Waals surface area (Å²) in [6.07, 6.45) is 4.82. The Morgan fingerprint density at radius 3 is 2.30 bits per heavy atom. The van der Waals surface area contributed by atoms with Crippen molar-refractivity contribution >= 4 is 5.96 Å². The Balaban J connectivity index is 1.77. The average Bonchev–Trinajstić information content (AvgIpc) is 3.39. The molecule has 1 aromatic heterocycles. The zero-order chi connectivity index (χ0) is 21.5. The molecule has 2 aromatic rings. The third kappa shape index (κ3) is 5.14. The maximum atomic E-state index is 5.45. The summed E-state index contributed by atoms with van der Waals surface area (Å²) in [7, 11) is 6.78. The van der Waals surface area contributed by atoms with E-state index in [1.54, 1.807) is 21.3 Å². The van der Waals surface area contributed by atoms with Crippen LogP contribution in [0.3, 0.4) is 0 Å². The smallest absolute Gasteiger partial charge is 0.203 e. The fourth-order valence-corrected chi connectivity index (χ4v) is 3.58. The largest absolute Gasteiger partial charge is 0.493 e. The van der Waals surface area contributed by atoms with Gasteiger partial charge >= 0.3 is 0 Å². The number of methoxy groups -OCH3 is 3. The highest BCUT2D eigenvalue weighted by Crippen LogP contribution is 2.38. The van der Waals surface area contributed by atoms with Crippen LogP contribution in [0.4, 0.5) is 0 Å². The third-order valence-electron chi connectivity index (χ3n) is 5.44. The molecule has 1 fully saturated rings. The van der Waals surface area contributed by atoms with Crippen LogP contribution in [-0.2, 0) is 20.1 Å². The molecule has 1 aromatic carbocycles. The second-order valence-electron chi connectivity index (χ2n) is 7.40. The number of hydrogen-bond donors (Lipinski definition) is 2. The van der Waals surface area contributed by atoms with Crippen LogP contribution in [-0.4, -0.2) is 48.1 Å². The molecule has 164 valence electrons. The molecule has 0 spiro atoms. The van der Waals surface area contributed by atoms with Gasteiger partial charge in [-0.1, -0.05) is 12.8 Å². The van der Waals surface area contributed by atoms with Crippen LogP contribution in [0.1, 0.15) is 42.9 Å². The van der Waals surface area contributed by atoms with E-state index in [9.17, 15) is 0 Å². The number of rotatable bonds is 8. The number of nitrogens with zero attached hydrogens (tertiary/aromatic N) is 4. The maximum Gasteiger partial charge on any atom is 0.203 e. The number of hydrogen-bond acceptors (Lipinski definition) is 6. The van der Waals surface area contributed by atoms with Crippen LogP contribution in [0, 0.1) is 6.92 Å². The molecular weight excluding hydrogens is 384 g/mol. The minimum atomic E-state index is 0.442. The Bertz CT molecular complexity index is 849. The molecule has 1 aliphatic carbocycles. The lowest BCUT2D eigenvalue weighted by Crippen LogP contribution is -2.42. The molecule has 2 N–H and O–H groups in total. The van der Waals surface area contributed by atoms with Crippen molar-refractivity contribution in [3.8, 4) is 17.2 Å². The van der Waals surface area contributed by atoms with Crippen LogP contribution in [0.25, 0.3) is 0 Å². The molecule has 0 aliphatic heterocycles. The first kappa shape index (κ1) is 21.7. The van der Waals surface area contributed by atoms with E-state index >= 15 is 0 Å². The van der Waals surface area contributed by atoms with Gasteiger partial charge in [-0.3, -0.25) is 0 Å². The first-order valence-corrected chi connectivity index (χ1v) is 10.2. The summed E-state index contributed by atoms with van der Waals surface area (Å²) in [6, 6.07) is 4.28. The van der Waals surface area contributed by atoms with Crippen LogP contribution in [0.5, 0.6) is 17.2 Å². The van der Waals surface area contributed by atoms with E-state index in [-0.39, 0.29) is 0 Å². The SMILES string of the molecule is COc1cc(CN=C(NCc2nnc(C)n2C)NC2CCCC2)cc(OC)c1OC. The normalized spacial score (nSPS) is 14.6. The fourth-order valence-electron chi connectivity index (χ4n) is 3.58. The van der Waals surface area contributed by atoms with Crippen molar-refractivity contribution in [2.45, 2.75) is 51.7 Å². The zero-order valence-corrected chi connectivity index (χ0v) is 18.5. The number of ether oxygens (including phenoxy) is 3. The molecule has 3 rings (SSSR count). The summed E-state index contributed by atoms with van der Waals surface area (Å²) >= 11 is 0. The fraction of sp³-hybridized carbons (Fsp3) is 0.571. The Labute approximate surface area is 177 Å². The van der Waals surface area contributed by atoms with Crippen molar-refractivity contribution in [2.24, 2.45) is 12.0 Å². The molecule has 9 heteroatoms. The van der Waals surface area contributed by atoms with Crippen molar-refractivity contribution < 1.29 is 14.2 Å². The third-order valence-corrected chi connectivity index (χ3v) is 5.44. The van der Waals surface area contributed by atoms with E-state index in [0.717, 1.165) is 36.0 Å². The summed E-state index contributed by atoms with van der Waals surface area (Å²) in [4.78, 5) is 4.80. The van der Waals surface area contributed by atoms with Gasteiger partial charge in [0, 0.05) is 13.1 Å². The predicted molar refractivity (Wildman–Crippen MR) is 115 cm³/mol. The molecule has 1 saturated carbocycles. The minimum Gasteiger partial charge on any atom is -0.493 e. The number of aliphatic imine (C=N–C) groups is 1. The van der Waals surface area contributed by atoms with Crippen LogP contribution in [0.15, 0.2) is 17.1 Å². The van der Waals surface area contributed by atoms with E-state index in [4.69, 9.17) is 19.2 Å². The summed E-state index contributed by atoms with van der Waals surface area (Å²) in [5, 5.41) is 15.3. The minimum absolute atomic E-state index is 0.442. The Morgan fingerprint density at radius 2 is 1.77 bits per heavy atom. The Hall–Kier alpha value is -2.97. The lowest BCUT2D eigenvalue weighted by molar-refractivity contribution is 0.324. The van der Waals surface area contributed by atoms with Gasteiger partial charge in [0.15, 0.2) is 23.3 Å². The van der Waals surface area contributed by atoms with E-state index < -0.39 is 0 Å². The van der Waals surface area contributed by atoms with E-state index in [1.807, 2.05) is 30.7 Å². The Morgan fingerprint density at radius 1 is 1.10 bits per heavy atom. The van der Waals surface area contributed by atoms with Gasteiger partial charge in [0.1, 0.15) is 5.82 Å². The van der Waals surface area contributed by atoms with Gasteiger partial charge in [0.25, 0.3) is 0 Å². The standard InChI is InChI=1S/C21H32N6O3/c1-14-25-26-19(27(14)2)13-23-21(24-16-8-6-7-9-16)22-12-15-10-17(28-3)20(30-5)18(11-15)29-4/h10-11,16H,6-9,12-13H2,1-5H3,(H2,22,23,24). The molecule has 9 nitrogen and oxygen atoms in total. The highest BCUT2D eigenvalue weighted by atomic mass is 16.5. The molecule has 0 atom stereocenters. The van der Waals surface area contributed by atoms with Crippen molar-refractivity contribution in [1.82, 2.24) is 25.4 Å². The van der Waals surface area contributed by atoms with Crippen LogP contribution in [0.2, 0.25) is 0 Å². The molecule has 0 unspecified atom stereocenters. The van der Waals surface area contributed by atoms with E-state index in [1.165, 1.54) is 12.8 Å². The second kappa shape index (κ2) is 10.2. The van der Waals surface area contributed by atoms with Gasteiger partial charge < -0.3 is 29.4 Å². The average molecular weight is 417 g/mol. The van der Waals surface area contributed by atoms with Crippen molar-refractivity contribution in [3.05, 3.63) is 29.3 Å². The molecule has 1 aliphatic rings. The van der Waals surface area contributed by atoms with Gasteiger partial charge in [-0.2, -0.15) is 0 Å². The summed E-state index contributed by atoms with van der Waals surface area (Å²) in [6.45, 7) is 2.95. The summed E-state index contributed by atoms with van der Waals surface area (Å²) in [5.74, 6) is 4.32. The van der Waals surface area contributed by atoms with Crippen molar-refractivity contribution in [2.75, 3.05) is 21.3 Å². The lowest BCUT2D eigenvalue weighted by Gasteiger charge is -2.18. The van der Waals surface area contributed by atoms with Gasteiger partial charge in [-0.15, -0.1) is 10.2 Å². The maximum absolute atomic E-state index is 5.45. The molecule has 30 heavy (non-hydrogen) atoms. The highest BCUT2D eigenvalue weighted by Gasteiger charge is 2.17. The van der Waals surface area contributed by atoms with Gasteiger partial charge in [0.2, 0.25) is 5.75 Å². The van der Waals surface area contributed by atoms with Crippen molar-refractivity contribution in [3.63, 3.8) is 0 Å². The molecule has 0 bridgehead atoms. The monoisotopic (exact) mass is 416 g/mol. The van der Waals surface area contributed by atoms with Gasteiger partial charge in [-0.05, 0) is 37.5 Å². The van der Waals surface area contributed by atoms with Crippen molar-refractivity contribution in [1.29, 1.82) is 0 Å². The number of nitrogens with one attached hydrogen (secondary N) is 2. The van der Waals surface area contributed by atoms with E-state index in [0.29, 0.717) is 36.4 Å². The Kier molecular flexibility index (Phi) is 7.37. The summed E-state index contributed by atoms with van der Waals surface area (Å²) in [5.41, 5.74) is 0.964. The number of aryl methyl sites for hydroxylation is 1. The molecule has 0 saturated heterocycles. The predicted octanol–water partition coefficient (Wildman–Crippen LogP) is 2.33. The molecule has 1 heterocycles. The van der Waals surface area contributed by atoms with Gasteiger partial charge in [-0.25, -0.2) is 4.99 Å². The topological polar surface area (TPSA) is 94.8 Å². The highest BCUT2D eigenvalue weighted by molar-refractivity contribution is 5.80.